The van der Waals surface area contributed by atoms with E-state index in [4.69, 9.17) is 5.10 Å². The van der Waals surface area contributed by atoms with Gasteiger partial charge in [0.15, 0.2) is 11.6 Å². The molecule has 61 heavy (non-hydrogen) atoms. The van der Waals surface area contributed by atoms with E-state index in [0.29, 0.717) is 0 Å². The SMILES string of the molecule is Cc1ccc(-c2ccc3c(c2)c2ccccc2n3-c2ccc(-c3ccccc3-c3ccccc3-c3ccc(-c4nnc(-c5ccccc5)n4-c4ccccc4)cc3)cc2)cc1. The van der Waals surface area contributed by atoms with Crippen LogP contribution in [0.3, 0.4) is 0 Å². The molecule has 0 spiro atoms. The minimum atomic E-state index is 0.798. The molecule has 288 valence electrons. The van der Waals surface area contributed by atoms with Gasteiger partial charge in [-0.05, 0) is 93.9 Å². The summed E-state index contributed by atoms with van der Waals surface area (Å²) < 4.78 is 4.53. The number of rotatable bonds is 8. The lowest BCUT2D eigenvalue weighted by Gasteiger charge is -2.16. The first-order chi connectivity index (χ1) is 30.2. The molecule has 0 unspecified atom stereocenters. The summed E-state index contributed by atoms with van der Waals surface area (Å²) in [5.74, 6) is 1.61. The van der Waals surface area contributed by atoms with Crippen LogP contribution in [0.1, 0.15) is 5.56 Å². The van der Waals surface area contributed by atoms with Gasteiger partial charge in [-0.25, -0.2) is 0 Å². The summed E-state index contributed by atoms with van der Waals surface area (Å²) in [6.07, 6.45) is 0. The van der Waals surface area contributed by atoms with Crippen LogP contribution in [0.2, 0.25) is 0 Å². The molecule has 2 aromatic heterocycles. The summed E-state index contributed by atoms with van der Waals surface area (Å²) >= 11 is 0. The number of hydrogen-bond donors (Lipinski definition) is 0. The second kappa shape index (κ2) is 15.3. The van der Waals surface area contributed by atoms with Gasteiger partial charge in [0.05, 0.1) is 11.0 Å². The van der Waals surface area contributed by atoms with Crippen LogP contribution in [0.5, 0.6) is 0 Å². The van der Waals surface area contributed by atoms with Crippen LogP contribution in [0, 0.1) is 6.92 Å². The molecule has 4 heteroatoms. The summed E-state index contributed by atoms with van der Waals surface area (Å²) in [6.45, 7) is 2.13. The summed E-state index contributed by atoms with van der Waals surface area (Å²) in [4.78, 5) is 0. The van der Waals surface area contributed by atoms with Gasteiger partial charge < -0.3 is 4.57 Å². The lowest BCUT2D eigenvalue weighted by atomic mass is 9.89. The van der Waals surface area contributed by atoms with E-state index in [9.17, 15) is 0 Å². The van der Waals surface area contributed by atoms with Crippen LogP contribution >= 0.6 is 0 Å². The highest BCUT2D eigenvalue weighted by Crippen LogP contribution is 2.40. The number of hydrogen-bond acceptors (Lipinski definition) is 2. The van der Waals surface area contributed by atoms with Gasteiger partial charge in [-0.3, -0.25) is 4.57 Å². The Labute approximate surface area is 355 Å². The Hall–Kier alpha value is -8.08. The lowest BCUT2D eigenvalue weighted by molar-refractivity contribution is 1.07. The minimum absolute atomic E-state index is 0.798. The van der Waals surface area contributed by atoms with Crippen molar-refractivity contribution in [3.05, 3.63) is 230 Å². The van der Waals surface area contributed by atoms with Gasteiger partial charge in [-0.15, -0.1) is 10.2 Å². The molecule has 11 rings (SSSR count). The molecule has 0 radical (unpaired) electrons. The fraction of sp³-hybridized carbons (Fsp3) is 0.0175. The maximum atomic E-state index is 4.73. The maximum Gasteiger partial charge on any atom is 0.168 e. The second-order valence-electron chi connectivity index (χ2n) is 15.6. The first kappa shape index (κ1) is 36.0. The van der Waals surface area contributed by atoms with E-state index >= 15 is 0 Å². The number of aryl methyl sites for hydroxylation is 1. The quantitative estimate of drug-likeness (QED) is 0.154. The Morgan fingerprint density at radius 3 is 1.38 bits per heavy atom. The van der Waals surface area contributed by atoms with Gasteiger partial charge in [0.2, 0.25) is 0 Å². The largest absolute Gasteiger partial charge is 0.309 e. The number of nitrogens with zero attached hydrogens (tertiary/aromatic N) is 4. The molecule has 0 aliphatic rings. The fourth-order valence-electron chi connectivity index (χ4n) is 8.77. The first-order valence-corrected chi connectivity index (χ1v) is 20.7. The van der Waals surface area contributed by atoms with Crippen molar-refractivity contribution in [1.82, 2.24) is 19.3 Å². The molecule has 0 fully saturated rings. The standard InChI is InChI=1S/C57H40N4/c1-39-24-26-40(27-25-39)45-34-37-55-53(38-45)52-22-12-13-23-54(52)60(55)47-35-32-42(33-36-47)49-19-9-11-21-51(49)50-20-10-8-18-48(50)41-28-30-44(31-29-41)57-59-58-56(43-14-4-2-5-15-43)61(57)46-16-6-3-7-17-46/h2-38H,1H3. The zero-order valence-electron chi connectivity index (χ0n) is 33.7. The Morgan fingerprint density at radius 1 is 0.295 bits per heavy atom. The molecule has 0 N–H and O–H groups in total. The van der Waals surface area contributed by atoms with E-state index < -0.39 is 0 Å². The average Bonchev–Trinajstić information content (AvgIpc) is 3.93. The van der Waals surface area contributed by atoms with Crippen molar-refractivity contribution in [2.75, 3.05) is 0 Å². The van der Waals surface area contributed by atoms with Crippen molar-refractivity contribution in [2.45, 2.75) is 6.92 Å². The Balaban J connectivity index is 0.942. The van der Waals surface area contributed by atoms with Crippen LogP contribution in [-0.4, -0.2) is 19.3 Å². The van der Waals surface area contributed by atoms with Crippen molar-refractivity contribution < 1.29 is 0 Å². The molecule has 11 aromatic rings. The number of fused-ring (bicyclic) bond motifs is 3. The van der Waals surface area contributed by atoms with Crippen molar-refractivity contribution in [3.8, 4) is 78.7 Å². The van der Waals surface area contributed by atoms with Crippen molar-refractivity contribution in [1.29, 1.82) is 0 Å². The van der Waals surface area contributed by atoms with Gasteiger partial charge >= 0.3 is 0 Å². The molecule has 0 saturated carbocycles. The van der Waals surface area contributed by atoms with Crippen LogP contribution in [0.4, 0.5) is 0 Å². The average molecular weight is 781 g/mol. The first-order valence-electron chi connectivity index (χ1n) is 20.7. The van der Waals surface area contributed by atoms with E-state index in [-0.39, 0.29) is 0 Å². The molecular weight excluding hydrogens is 741 g/mol. The lowest BCUT2D eigenvalue weighted by Crippen LogP contribution is -2.00. The number of aromatic nitrogens is 4. The van der Waals surface area contributed by atoms with Crippen LogP contribution in [-0.2, 0) is 0 Å². The molecule has 0 bridgehead atoms. The summed E-state index contributed by atoms with van der Waals surface area (Å²) in [5.41, 5.74) is 17.3. The Bertz CT molecular complexity index is 3320. The van der Waals surface area contributed by atoms with Crippen LogP contribution in [0.25, 0.3) is 100 Å². The predicted octanol–water partition coefficient (Wildman–Crippen LogP) is 14.7. The van der Waals surface area contributed by atoms with Crippen molar-refractivity contribution in [3.63, 3.8) is 0 Å². The normalized spacial score (nSPS) is 11.4. The topological polar surface area (TPSA) is 35.6 Å². The Kier molecular flexibility index (Phi) is 9.02. The van der Waals surface area contributed by atoms with Gasteiger partial charge in [-0.1, -0.05) is 188 Å². The van der Waals surface area contributed by atoms with Crippen molar-refractivity contribution >= 4 is 21.8 Å². The van der Waals surface area contributed by atoms with Gasteiger partial charge in [0.1, 0.15) is 0 Å². The van der Waals surface area contributed by atoms with E-state index in [2.05, 4.69) is 209 Å². The molecule has 0 aliphatic carbocycles. The fourth-order valence-corrected chi connectivity index (χ4v) is 8.77. The van der Waals surface area contributed by atoms with E-state index in [1.807, 2.05) is 36.4 Å². The highest BCUT2D eigenvalue weighted by atomic mass is 15.3. The van der Waals surface area contributed by atoms with E-state index in [1.54, 1.807) is 0 Å². The van der Waals surface area contributed by atoms with Gasteiger partial charge in [0, 0.05) is 33.3 Å². The molecule has 4 nitrogen and oxygen atoms in total. The van der Waals surface area contributed by atoms with E-state index in [1.165, 1.54) is 66.3 Å². The second-order valence-corrected chi connectivity index (χ2v) is 15.6. The van der Waals surface area contributed by atoms with Gasteiger partial charge in [-0.2, -0.15) is 0 Å². The zero-order chi connectivity index (χ0) is 40.7. The molecule has 0 aliphatic heterocycles. The predicted molar refractivity (Wildman–Crippen MR) is 253 cm³/mol. The minimum Gasteiger partial charge on any atom is -0.309 e. The molecule has 2 heterocycles. The van der Waals surface area contributed by atoms with Crippen molar-refractivity contribution in [2.24, 2.45) is 0 Å². The highest BCUT2D eigenvalue weighted by Gasteiger charge is 2.19. The van der Waals surface area contributed by atoms with Crippen LogP contribution < -0.4 is 0 Å². The van der Waals surface area contributed by atoms with E-state index in [0.717, 1.165) is 39.7 Å². The molecule has 0 amide bonds. The molecule has 9 aromatic carbocycles. The monoisotopic (exact) mass is 780 g/mol. The van der Waals surface area contributed by atoms with Crippen LogP contribution in [0.15, 0.2) is 224 Å². The third kappa shape index (κ3) is 6.52. The molecule has 0 atom stereocenters. The zero-order valence-corrected chi connectivity index (χ0v) is 33.7. The number of benzene rings is 9. The molecule has 0 saturated heterocycles. The third-order valence-corrected chi connectivity index (χ3v) is 11.8. The Morgan fingerprint density at radius 2 is 0.738 bits per heavy atom. The van der Waals surface area contributed by atoms with Gasteiger partial charge in [0.25, 0.3) is 0 Å². The third-order valence-electron chi connectivity index (χ3n) is 11.8. The summed E-state index contributed by atoms with van der Waals surface area (Å²) in [7, 11) is 0. The number of para-hydroxylation sites is 2. The summed E-state index contributed by atoms with van der Waals surface area (Å²) in [6, 6.07) is 80.2. The summed E-state index contributed by atoms with van der Waals surface area (Å²) in [5, 5.41) is 11.9. The maximum absolute atomic E-state index is 4.73. The highest BCUT2D eigenvalue weighted by molar-refractivity contribution is 6.10. The molecular formula is C57H40N4. The smallest absolute Gasteiger partial charge is 0.168 e.